The average Bonchev–Trinajstić information content (AvgIpc) is 2.47. The van der Waals surface area contributed by atoms with Crippen molar-refractivity contribution in [1.29, 1.82) is 0 Å². The third-order valence-electron chi connectivity index (χ3n) is 3.46. The zero-order valence-corrected chi connectivity index (χ0v) is 10.2. The van der Waals surface area contributed by atoms with E-state index in [1.165, 1.54) is 0 Å². The van der Waals surface area contributed by atoms with Crippen molar-refractivity contribution in [2.45, 2.75) is 31.4 Å². The highest BCUT2D eigenvalue weighted by Crippen LogP contribution is 2.36. The standard InChI is InChI=1S/C12H15ClN2O2/c13-8-5-11-12(14-6-8)15-7-10(16)2-1-9(15)3-4-17-11/h5-6,9-10,16H,1-4,7H2. The molecule has 5 heteroatoms. The van der Waals surface area contributed by atoms with E-state index in [-0.39, 0.29) is 6.10 Å². The molecule has 1 saturated heterocycles. The first kappa shape index (κ1) is 11.1. The molecule has 0 aliphatic carbocycles. The Labute approximate surface area is 105 Å². The molecule has 0 saturated carbocycles. The number of aliphatic hydroxyl groups is 1. The van der Waals surface area contributed by atoms with Gasteiger partial charge in [0.1, 0.15) is 0 Å². The second-order valence-electron chi connectivity index (χ2n) is 4.65. The molecule has 92 valence electrons. The fourth-order valence-electron chi connectivity index (χ4n) is 2.61. The number of fused-ring (bicyclic) bond motifs is 3. The van der Waals surface area contributed by atoms with E-state index < -0.39 is 0 Å². The predicted octanol–water partition coefficient (Wildman–Crippen LogP) is 1.85. The monoisotopic (exact) mass is 254 g/mol. The minimum atomic E-state index is -0.269. The van der Waals surface area contributed by atoms with Gasteiger partial charge in [0, 0.05) is 31.3 Å². The number of rotatable bonds is 0. The first-order valence-corrected chi connectivity index (χ1v) is 6.35. The van der Waals surface area contributed by atoms with Crippen LogP contribution in [-0.2, 0) is 0 Å². The molecule has 0 amide bonds. The molecule has 3 heterocycles. The normalized spacial score (nSPS) is 27.8. The van der Waals surface area contributed by atoms with E-state index in [0.29, 0.717) is 24.2 Å². The highest BCUT2D eigenvalue weighted by atomic mass is 35.5. The van der Waals surface area contributed by atoms with Crippen molar-refractivity contribution >= 4 is 17.4 Å². The van der Waals surface area contributed by atoms with Crippen LogP contribution in [0, 0.1) is 0 Å². The summed E-state index contributed by atoms with van der Waals surface area (Å²) in [6, 6.07) is 2.22. The summed E-state index contributed by atoms with van der Waals surface area (Å²) in [7, 11) is 0. The topological polar surface area (TPSA) is 45.6 Å². The molecule has 17 heavy (non-hydrogen) atoms. The molecular weight excluding hydrogens is 240 g/mol. The molecule has 2 aliphatic heterocycles. The fourth-order valence-corrected chi connectivity index (χ4v) is 2.76. The van der Waals surface area contributed by atoms with Gasteiger partial charge in [0.15, 0.2) is 11.6 Å². The van der Waals surface area contributed by atoms with Gasteiger partial charge < -0.3 is 14.7 Å². The SMILES string of the molecule is OC1CCC2CCOc3cc(Cl)cnc3N2C1. The smallest absolute Gasteiger partial charge is 0.171 e. The van der Waals surface area contributed by atoms with Gasteiger partial charge in [-0.15, -0.1) is 0 Å². The van der Waals surface area contributed by atoms with E-state index in [1.807, 2.05) is 0 Å². The molecule has 1 fully saturated rings. The van der Waals surface area contributed by atoms with Gasteiger partial charge in [0.05, 0.1) is 17.7 Å². The van der Waals surface area contributed by atoms with Gasteiger partial charge in [-0.05, 0) is 12.8 Å². The van der Waals surface area contributed by atoms with Crippen molar-refractivity contribution in [3.63, 3.8) is 0 Å². The van der Waals surface area contributed by atoms with Crippen LogP contribution in [0.25, 0.3) is 0 Å². The van der Waals surface area contributed by atoms with Gasteiger partial charge in [-0.3, -0.25) is 0 Å². The highest BCUT2D eigenvalue weighted by Gasteiger charge is 2.32. The van der Waals surface area contributed by atoms with Crippen LogP contribution >= 0.6 is 11.6 Å². The zero-order valence-electron chi connectivity index (χ0n) is 9.47. The van der Waals surface area contributed by atoms with Gasteiger partial charge >= 0.3 is 0 Å². The average molecular weight is 255 g/mol. The van der Waals surface area contributed by atoms with E-state index >= 15 is 0 Å². The number of aliphatic hydroxyl groups excluding tert-OH is 1. The summed E-state index contributed by atoms with van der Waals surface area (Å²) in [6.07, 6.45) is 4.20. The number of hydrogen-bond donors (Lipinski definition) is 1. The zero-order chi connectivity index (χ0) is 11.8. The minimum absolute atomic E-state index is 0.269. The Kier molecular flexibility index (Phi) is 2.84. The lowest BCUT2D eigenvalue weighted by atomic mass is 9.98. The summed E-state index contributed by atoms with van der Waals surface area (Å²) in [5.41, 5.74) is 0. The molecule has 0 bridgehead atoms. The van der Waals surface area contributed by atoms with Crippen molar-refractivity contribution in [2.24, 2.45) is 0 Å². The summed E-state index contributed by atoms with van der Waals surface area (Å²) >= 11 is 5.92. The van der Waals surface area contributed by atoms with E-state index in [2.05, 4.69) is 9.88 Å². The molecule has 2 unspecified atom stereocenters. The maximum Gasteiger partial charge on any atom is 0.171 e. The van der Waals surface area contributed by atoms with Crippen molar-refractivity contribution in [2.75, 3.05) is 18.1 Å². The fraction of sp³-hybridized carbons (Fsp3) is 0.583. The second-order valence-corrected chi connectivity index (χ2v) is 5.09. The molecule has 1 aromatic rings. The number of ether oxygens (including phenoxy) is 1. The van der Waals surface area contributed by atoms with Gasteiger partial charge in [-0.2, -0.15) is 0 Å². The van der Waals surface area contributed by atoms with Crippen LogP contribution in [0.2, 0.25) is 5.02 Å². The molecule has 0 radical (unpaired) electrons. The van der Waals surface area contributed by atoms with Crippen molar-refractivity contribution in [3.8, 4) is 5.75 Å². The third kappa shape index (κ3) is 2.07. The Morgan fingerprint density at radius 2 is 2.29 bits per heavy atom. The van der Waals surface area contributed by atoms with Crippen LogP contribution in [0.3, 0.4) is 0 Å². The molecule has 0 aromatic carbocycles. The molecule has 4 nitrogen and oxygen atoms in total. The van der Waals surface area contributed by atoms with E-state index in [4.69, 9.17) is 16.3 Å². The maximum atomic E-state index is 9.78. The van der Waals surface area contributed by atoms with Gasteiger partial charge in [-0.1, -0.05) is 11.6 Å². The van der Waals surface area contributed by atoms with Crippen LogP contribution in [0.4, 0.5) is 5.82 Å². The van der Waals surface area contributed by atoms with Crippen molar-refractivity contribution in [3.05, 3.63) is 17.3 Å². The van der Waals surface area contributed by atoms with Crippen LogP contribution < -0.4 is 9.64 Å². The Bertz CT molecular complexity index is 427. The molecule has 1 aromatic heterocycles. The van der Waals surface area contributed by atoms with Gasteiger partial charge in [0.25, 0.3) is 0 Å². The molecule has 2 aliphatic rings. The van der Waals surface area contributed by atoms with Crippen LogP contribution in [0.1, 0.15) is 19.3 Å². The first-order valence-electron chi connectivity index (χ1n) is 5.97. The lowest BCUT2D eigenvalue weighted by Gasteiger charge is -2.37. The number of halogens is 1. The Morgan fingerprint density at radius 1 is 1.41 bits per heavy atom. The summed E-state index contributed by atoms with van der Waals surface area (Å²) in [5, 5.41) is 10.4. The largest absolute Gasteiger partial charge is 0.490 e. The van der Waals surface area contributed by atoms with Crippen molar-refractivity contribution < 1.29 is 9.84 Å². The molecular formula is C12H15ClN2O2. The lowest BCUT2D eigenvalue weighted by Crippen LogP contribution is -2.45. The number of pyridine rings is 1. The third-order valence-corrected chi connectivity index (χ3v) is 3.67. The summed E-state index contributed by atoms with van der Waals surface area (Å²) in [5.74, 6) is 1.55. The highest BCUT2D eigenvalue weighted by molar-refractivity contribution is 6.30. The molecule has 3 rings (SSSR count). The molecule has 1 N–H and O–H groups in total. The quantitative estimate of drug-likeness (QED) is 0.768. The number of anilines is 1. The number of aromatic nitrogens is 1. The van der Waals surface area contributed by atoms with Crippen LogP contribution in [0.15, 0.2) is 12.3 Å². The number of piperidine rings is 1. The Morgan fingerprint density at radius 3 is 3.18 bits per heavy atom. The Hall–Kier alpha value is -1.00. The number of hydrogen-bond acceptors (Lipinski definition) is 4. The van der Waals surface area contributed by atoms with Crippen LogP contribution in [-0.4, -0.2) is 35.4 Å². The minimum Gasteiger partial charge on any atom is -0.490 e. The molecule has 2 atom stereocenters. The maximum absolute atomic E-state index is 9.78. The predicted molar refractivity (Wildman–Crippen MR) is 65.7 cm³/mol. The molecule has 0 spiro atoms. The van der Waals surface area contributed by atoms with E-state index in [1.54, 1.807) is 12.3 Å². The van der Waals surface area contributed by atoms with E-state index in [9.17, 15) is 5.11 Å². The second kappa shape index (κ2) is 4.35. The first-order chi connectivity index (χ1) is 8.24. The summed E-state index contributed by atoms with van der Waals surface area (Å²) in [4.78, 5) is 6.52. The van der Waals surface area contributed by atoms with Gasteiger partial charge in [0.2, 0.25) is 0 Å². The van der Waals surface area contributed by atoms with Crippen molar-refractivity contribution in [1.82, 2.24) is 4.98 Å². The Balaban J connectivity index is 1.99. The summed E-state index contributed by atoms with van der Waals surface area (Å²) < 4.78 is 5.69. The van der Waals surface area contributed by atoms with E-state index in [0.717, 1.165) is 30.8 Å². The van der Waals surface area contributed by atoms with Crippen LogP contribution in [0.5, 0.6) is 5.75 Å². The van der Waals surface area contributed by atoms with Gasteiger partial charge in [-0.25, -0.2) is 4.98 Å². The lowest BCUT2D eigenvalue weighted by molar-refractivity contribution is 0.139. The number of nitrogens with zero attached hydrogens (tertiary/aromatic N) is 2. The summed E-state index contributed by atoms with van der Waals surface area (Å²) in [6.45, 7) is 1.32.